The Morgan fingerprint density at radius 3 is 2.56 bits per heavy atom. The fourth-order valence-corrected chi connectivity index (χ4v) is 4.84. The van der Waals surface area contributed by atoms with Gasteiger partial charge >= 0.3 is 0 Å². The van der Waals surface area contributed by atoms with Crippen LogP contribution < -0.4 is 15.9 Å². The molecule has 0 aliphatic carbocycles. The third-order valence-electron chi connectivity index (χ3n) is 5.72. The van der Waals surface area contributed by atoms with Gasteiger partial charge in [-0.3, -0.25) is 14.2 Å². The van der Waals surface area contributed by atoms with Crippen LogP contribution in [-0.4, -0.2) is 57.6 Å². The van der Waals surface area contributed by atoms with Crippen LogP contribution >= 0.6 is 11.3 Å². The first-order chi connectivity index (χ1) is 17.5. The minimum atomic E-state index is -0.379. The number of carbonyl (C=O) groups is 2. The van der Waals surface area contributed by atoms with E-state index in [4.69, 9.17) is 10.5 Å². The second-order valence-corrected chi connectivity index (χ2v) is 9.19. The lowest BCUT2D eigenvalue weighted by atomic mass is 10.2. The average Bonchev–Trinajstić information content (AvgIpc) is 3.50. The van der Waals surface area contributed by atoms with Gasteiger partial charge in [0.05, 0.1) is 19.5 Å². The van der Waals surface area contributed by atoms with Crippen molar-refractivity contribution in [3.63, 3.8) is 0 Å². The number of H-pyrrole nitrogens is 1. The number of para-hydroxylation sites is 1. The number of anilines is 2. The number of hydrogen-bond donors (Lipinski definition) is 3. The van der Waals surface area contributed by atoms with Crippen molar-refractivity contribution in [1.29, 1.82) is 0 Å². The van der Waals surface area contributed by atoms with Gasteiger partial charge in [0.2, 0.25) is 0 Å². The first-order valence-corrected chi connectivity index (χ1v) is 12.2. The van der Waals surface area contributed by atoms with E-state index >= 15 is 0 Å². The van der Waals surface area contributed by atoms with Crippen molar-refractivity contribution < 1.29 is 14.3 Å². The Morgan fingerprint density at radius 1 is 1.11 bits per heavy atom. The van der Waals surface area contributed by atoms with Gasteiger partial charge in [0, 0.05) is 24.5 Å². The van der Waals surface area contributed by atoms with Crippen molar-refractivity contribution in [3.8, 4) is 5.69 Å². The van der Waals surface area contributed by atoms with Crippen LogP contribution in [0.25, 0.3) is 5.69 Å². The Labute approximate surface area is 211 Å². The van der Waals surface area contributed by atoms with Crippen LogP contribution in [-0.2, 0) is 4.74 Å². The number of aromatic nitrogens is 3. The zero-order chi connectivity index (χ0) is 25.1. The molecular weight excluding hydrogens is 478 g/mol. The number of rotatable bonds is 5. The van der Waals surface area contributed by atoms with E-state index in [0.717, 1.165) is 22.6 Å². The molecule has 1 saturated heterocycles. The van der Waals surface area contributed by atoms with E-state index in [-0.39, 0.29) is 29.1 Å². The molecule has 10 nitrogen and oxygen atoms in total. The van der Waals surface area contributed by atoms with Gasteiger partial charge in [-0.15, -0.1) is 0 Å². The summed E-state index contributed by atoms with van der Waals surface area (Å²) >= 11 is 1.16. The molecule has 2 aromatic carbocycles. The first-order valence-electron chi connectivity index (χ1n) is 11.4. The number of ether oxygens (including phenoxy) is 1. The monoisotopic (exact) mass is 503 g/mol. The SMILES string of the molecule is Cc1ccc(NC(=O)c2[nH]cnc2N=c2sc(C(=O)N3CCOCC3)c(N)n2-c2ccccc2)cc1. The molecule has 0 saturated carbocycles. The summed E-state index contributed by atoms with van der Waals surface area (Å²) < 4.78 is 7.08. The maximum Gasteiger partial charge on any atom is 0.276 e. The Morgan fingerprint density at radius 2 is 1.83 bits per heavy atom. The summed E-state index contributed by atoms with van der Waals surface area (Å²) in [4.78, 5) is 40.6. The van der Waals surface area contributed by atoms with Gasteiger partial charge in [-0.05, 0) is 31.2 Å². The molecule has 4 aromatic rings. The summed E-state index contributed by atoms with van der Waals surface area (Å²) in [5, 5.41) is 2.85. The molecule has 1 aliphatic rings. The summed E-state index contributed by atoms with van der Waals surface area (Å²) in [6.07, 6.45) is 1.41. The topological polar surface area (TPSA) is 131 Å². The molecule has 1 aliphatic heterocycles. The molecule has 0 radical (unpaired) electrons. The first kappa shape index (κ1) is 23.5. The van der Waals surface area contributed by atoms with Crippen LogP contribution in [0, 0.1) is 6.92 Å². The number of amides is 2. The summed E-state index contributed by atoms with van der Waals surface area (Å²) in [7, 11) is 0. The van der Waals surface area contributed by atoms with E-state index < -0.39 is 0 Å². The Bertz CT molecular complexity index is 1450. The summed E-state index contributed by atoms with van der Waals surface area (Å²) in [5.74, 6) is -0.0830. The van der Waals surface area contributed by atoms with Crippen LogP contribution in [0.3, 0.4) is 0 Å². The number of nitrogens with two attached hydrogens (primary N) is 1. The maximum atomic E-state index is 13.3. The second-order valence-electron chi connectivity index (χ2n) is 8.21. The molecule has 184 valence electrons. The van der Waals surface area contributed by atoms with Crippen molar-refractivity contribution in [1.82, 2.24) is 19.4 Å². The van der Waals surface area contributed by atoms with Crippen LogP contribution in [0.2, 0.25) is 0 Å². The standard InChI is InChI=1S/C25H25N7O3S/c1-16-7-9-17(10-8-16)29-23(33)19-22(28-15-27-19)30-25-32(18-5-3-2-4-6-18)21(26)20(36-25)24(34)31-11-13-35-14-12-31/h2-10,15H,11-14,26H2,1H3,(H,27,28)(H,29,33). The lowest BCUT2D eigenvalue weighted by molar-refractivity contribution is 0.0306. The molecule has 4 N–H and O–H groups in total. The number of thiazole rings is 1. The van der Waals surface area contributed by atoms with Crippen molar-refractivity contribution in [2.45, 2.75) is 6.92 Å². The molecule has 1 fully saturated rings. The van der Waals surface area contributed by atoms with Crippen molar-refractivity contribution in [2.75, 3.05) is 37.4 Å². The highest BCUT2D eigenvalue weighted by Crippen LogP contribution is 2.24. The number of aromatic amines is 1. The zero-order valence-electron chi connectivity index (χ0n) is 19.6. The summed E-state index contributed by atoms with van der Waals surface area (Å²) in [5.41, 5.74) is 9.20. The second kappa shape index (κ2) is 10.2. The number of nitrogen functional groups attached to an aromatic ring is 1. The number of imidazole rings is 1. The van der Waals surface area contributed by atoms with Crippen LogP contribution in [0.4, 0.5) is 17.3 Å². The van der Waals surface area contributed by atoms with E-state index in [0.29, 0.717) is 41.7 Å². The quantitative estimate of drug-likeness (QED) is 0.385. The van der Waals surface area contributed by atoms with E-state index in [2.05, 4.69) is 20.3 Å². The van der Waals surface area contributed by atoms with Crippen molar-refractivity contribution >= 4 is 40.5 Å². The van der Waals surface area contributed by atoms with Gasteiger partial charge in [-0.1, -0.05) is 47.2 Å². The van der Waals surface area contributed by atoms with Crippen molar-refractivity contribution in [3.05, 3.63) is 81.9 Å². The van der Waals surface area contributed by atoms with Gasteiger partial charge in [0.1, 0.15) is 10.7 Å². The average molecular weight is 504 g/mol. The third-order valence-corrected chi connectivity index (χ3v) is 6.77. The fraction of sp³-hybridized carbons (Fsp3) is 0.200. The van der Waals surface area contributed by atoms with Gasteiger partial charge in [0.25, 0.3) is 11.8 Å². The molecule has 2 amide bonds. The van der Waals surface area contributed by atoms with Crippen LogP contribution in [0.15, 0.2) is 65.9 Å². The minimum absolute atomic E-state index is 0.175. The molecule has 11 heteroatoms. The zero-order valence-corrected chi connectivity index (χ0v) is 20.4. The smallest absolute Gasteiger partial charge is 0.276 e. The molecule has 0 bridgehead atoms. The summed E-state index contributed by atoms with van der Waals surface area (Å²) in [6, 6.07) is 16.9. The molecule has 2 aromatic heterocycles. The molecular formula is C25H25N7O3S. The molecule has 36 heavy (non-hydrogen) atoms. The van der Waals surface area contributed by atoms with Crippen molar-refractivity contribution in [2.24, 2.45) is 4.99 Å². The van der Waals surface area contributed by atoms with Gasteiger partial charge < -0.3 is 25.7 Å². The van der Waals surface area contributed by atoms with Gasteiger partial charge in [0.15, 0.2) is 16.3 Å². The van der Waals surface area contributed by atoms with Gasteiger partial charge in [-0.2, -0.15) is 4.99 Å². The number of morpholine rings is 1. The van der Waals surface area contributed by atoms with E-state index in [1.807, 2.05) is 61.5 Å². The number of aryl methyl sites for hydroxylation is 1. The van der Waals surface area contributed by atoms with Crippen LogP contribution in [0.5, 0.6) is 0 Å². The predicted molar refractivity (Wildman–Crippen MR) is 138 cm³/mol. The fourth-order valence-electron chi connectivity index (χ4n) is 3.82. The lowest BCUT2D eigenvalue weighted by Crippen LogP contribution is -2.40. The molecule has 0 unspecified atom stereocenters. The molecule has 3 heterocycles. The molecule has 0 spiro atoms. The summed E-state index contributed by atoms with van der Waals surface area (Å²) in [6.45, 7) is 3.94. The third kappa shape index (κ3) is 4.79. The Kier molecular flexibility index (Phi) is 6.65. The number of nitrogens with zero attached hydrogens (tertiary/aromatic N) is 4. The molecule has 0 atom stereocenters. The largest absolute Gasteiger partial charge is 0.383 e. The maximum absolute atomic E-state index is 13.3. The number of hydrogen-bond acceptors (Lipinski definition) is 7. The Balaban J connectivity index is 1.55. The highest BCUT2D eigenvalue weighted by Gasteiger charge is 2.25. The Hall–Kier alpha value is -4.22. The van der Waals surface area contributed by atoms with E-state index in [1.165, 1.54) is 6.33 Å². The number of carbonyl (C=O) groups excluding carboxylic acids is 2. The van der Waals surface area contributed by atoms with Crippen LogP contribution in [0.1, 0.15) is 25.7 Å². The number of benzene rings is 2. The lowest BCUT2D eigenvalue weighted by Gasteiger charge is -2.26. The van der Waals surface area contributed by atoms with E-state index in [1.54, 1.807) is 9.47 Å². The highest BCUT2D eigenvalue weighted by molar-refractivity contribution is 7.12. The highest BCUT2D eigenvalue weighted by atomic mass is 32.1. The normalized spacial score (nSPS) is 14.1. The molecule has 5 rings (SSSR count). The number of nitrogens with one attached hydrogen (secondary N) is 2. The van der Waals surface area contributed by atoms with Gasteiger partial charge in [-0.25, -0.2) is 4.98 Å². The minimum Gasteiger partial charge on any atom is -0.383 e. The van der Waals surface area contributed by atoms with E-state index in [9.17, 15) is 9.59 Å². The predicted octanol–water partition coefficient (Wildman–Crippen LogP) is 3.11.